The van der Waals surface area contributed by atoms with E-state index in [-0.39, 0.29) is 18.4 Å². The van der Waals surface area contributed by atoms with Gasteiger partial charge >= 0.3 is 5.97 Å². The van der Waals surface area contributed by atoms with Crippen molar-refractivity contribution < 1.29 is 14.7 Å². The zero-order valence-electron chi connectivity index (χ0n) is 11.9. The molecule has 0 fully saturated rings. The summed E-state index contributed by atoms with van der Waals surface area (Å²) in [5.74, 6) is -1.17. The first-order valence-corrected chi connectivity index (χ1v) is 6.98. The van der Waals surface area contributed by atoms with E-state index in [1.165, 1.54) is 0 Å². The second-order valence-corrected chi connectivity index (χ2v) is 4.93. The van der Waals surface area contributed by atoms with Gasteiger partial charge in [0.05, 0.1) is 11.9 Å². The number of nitrogens with zero attached hydrogens (tertiary/aromatic N) is 1. The lowest BCUT2D eigenvalue weighted by Gasteiger charge is -2.16. The summed E-state index contributed by atoms with van der Waals surface area (Å²) in [6.07, 6.45) is 3.06. The second kappa shape index (κ2) is 6.83. The molecule has 5 heteroatoms. The molecule has 0 aliphatic rings. The second-order valence-electron chi connectivity index (χ2n) is 4.93. The summed E-state index contributed by atoms with van der Waals surface area (Å²) < 4.78 is 0. The fourth-order valence-corrected chi connectivity index (χ4v) is 2.35. The Bertz CT molecular complexity index is 650. The third kappa shape index (κ3) is 3.78. The largest absolute Gasteiger partial charge is 0.481 e. The Kier molecular flexibility index (Phi) is 4.87. The van der Waals surface area contributed by atoms with Crippen LogP contribution in [0.15, 0.2) is 36.5 Å². The summed E-state index contributed by atoms with van der Waals surface area (Å²) in [5, 5.41) is 12.5. The monoisotopic (exact) mass is 286 g/mol. The fraction of sp³-hybridized carbons (Fsp3) is 0.312. The van der Waals surface area contributed by atoms with Gasteiger partial charge in [0.1, 0.15) is 0 Å². The third-order valence-electron chi connectivity index (χ3n) is 3.28. The number of pyridine rings is 1. The molecule has 1 amide bonds. The van der Waals surface area contributed by atoms with E-state index >= 15 is 0 Å². The van der Waals surface area contributed by atoms with E-state index in [2.05, 4.69) is 10.3 Å². The molecule has 1 aromatic carbocycles. The first kappa shape index (κ1) is 15.0. The quantitative estimate of drug-likeness (QED) is 0.855. The SMILES string of the molecule is CCCC(CC(=O)O)NC(=O)c1cccc2ncccc12. The number of aromatic nitrogens is 1. The summed E-state index contributed by atoms with van der Waals surface area (Å²) in [5.41, 5.74) is 1.27. The van der Waals surface area contributed by atoms with Crippen LogP contribution in [-0.2, 0) is 4.79 Å². The molecule has 2 aromatic rings. The van der Waals surface area contributed by atoms with Crippen LogP contribution >= 0.6 is 0 Å². The van der Waals surface area contributed by atoms with Crippen LogP contribution in [-0.4, -0.2) is 28.0 Å². The van der Waals surface area contributed by atoms with E-state index in [0.717, 1.165) is 17.3 Å². The van der Waals surface area contributed by atoms with Crippen LogP contribution in [0.4, 0.5) is 0 Å². The van der Waals surface area contributed by atoms with Gasteiger partial charge in [-0.05, 0) is 24.6 Å². The highest BCUT2D eigenvalue weighted by Gasteiger charge is 2.17. The lowest BCUT2D eigenvalue weighted by Crippen LogP contribution is -2.36. The van der Waals surface area contributed by atoms with Crippen molar-refractivity contribution in [3.05, 3.63) is 42.1 Å². The Hall–Kier alpha value is -2.43. The summed E-state index contributed by atoms with van der Waals surface area (Å²) in [6, 6.07) is 8.60. The Morgan fingerprint density at radius 1 is 1.29 bits per heavy atom. The van der Waals surface area contributed by atoms with Gasteiger partial charge in [0, 0.05) is 23.2 Å². The number of benzene rings is 1. The summed E-state index contributed by atoms with van der Waals surface area (Å²) in [4.78, 5) is 27.5. The highest BCUT2D eigenvalue weighted by molar-refractivity contribution is 6.06. The molecule has 0 aliphatic carbocycles. The van der Waals surface area contributed by atoms with Crippen LogP contribution < -0.4 is 5.32 Å². The van der Waals surface area contributed by atoms with Crippen molar-refractivity contribution in [2.75, 3.05) is 0 Å². The first-order chi connectivity index (χ1) is 10.1. The summed E-state index contributed by atoms with van der Waals surface area (Å²) in [6.45, 7) is 1.96. The van der Waals surface area contributed by atoms with E-state index in [4.69, 9.17) is 5.11 Å². The Morgan fingerprint density at radius 2 is 2.10 bits per heavy atom. The number of aliphatic carboxylic acids is 1. The van der Waals surface area contributed by atoms with Crippen LogP contribution in [0.1, 0.15) is 36.5 Å². The van der Waals surface area contributed by atoms with Gasteiger partial charge in [-0.15, -0.1) is 0 Å². The maximum absolute atomic E-state index is 12.4. The Morgan fingerprint density at radius 3 is 2.81 bits per heavy atom. The van der Waals surface area contributed by atoms with Crippen molar-refractivity contribution in [1.29, 1.82) is 0 Å². The van der Waals surface area contributed by atoms with Crippen LogP contribution in [0.3, 0.4) is 0 Å². The van der Waals surface area contributed by atoms with E-state index in [1.807, 2.05) is 19.1 Å². The molecule has 0 bridgehead atoms. The van der Waals surface area contributed by atoms with Crippen molar-refractivity contribution in [2.24, 2.45) is 0 Å². The van der Waals surface area contributed by atoms with Gasteiger partial charge in [-0.1, -0.05) is 25.5 Å². The predicted molar refractivity (Wildman–Crippen MR) is 80.2 cm³/mol. The van der Waals surface area contributed by atoms with E-state index < -0.39 is 5.97 Å². The Labute approximate surface area is 123 Å². The van der Waals surface area contributed by atoms with E-state index in [0.29, 0.717) is 12.0 Å². The number of carbonyl (C=O) groups excluding carboxylic acids is 1. The average Bonchev–Trinajstić information content (AvgIpc) is 2.46. The lowest BCUT2D eigenvalue weighted by atomic mass is 10.1. The molecule has 21 heavy (non-hydrogen) atoms. The number of hydrogen-bond acceptors (Lipinski definition) is 3. The summed E-state index contributed by atoms with van der Waals surface area (Å²) in [7, 11) is 0. The van der Waals surface area contributed by atoms with Crippen LogP contribution in [0, 0.1) is 0 Å². The highest BCUT2D eigenvalue weighted by atomic mass is 16.4. The molecule has 1 unspecified atom stereocenters. The molecular weight excluding hydrogens is 268 g/mol. The molecular formula is C16H18N2O3. The summed E-state index contributed by atoms with van der Waals surface area (Å²) >= 11 is 0. The number of hydrogen-bond donors (Lipinski definition) is 2. The normalized spacial score (nSPS) is 12.0. The minimum Gasteiger partial charge on any atom is -0.481 e. The van der Waals surface area contributed by atoms with Crippen molar-refractivity contribution in [3.63, 3.8) is 0 Å². The molecule has 1 atom stereocenters. The molecule has 5 nitrogen and oxygen atoms in total. The van der Waals surface area contributed by atoms with Crippen LogP contribution in [0.5, 0.6) is 0 Å². The average molecular weight is 286 g/mol. The van der Waals surface area contributed by atoms with Gasteiger partial charge in [-0.3, -0.25) is 14.6 Å². The maximum Gasteiger partial charge on any atom is 0.305 e. The van der Waals surface area contributed by atoms with Crippen molar-refractivity contribution in [1.82, 2.24) is 10.3 Å². The number of carbonyl (C=O) groups is 2. The Balaban J connectivity index is 2.23. The standard InChI is InChI=1S/C16H18N2O3/c1-2-5-11(10-15(19)20)18-16(21)13-6-3-8-14-12(13)7-4-9-17-14/h3-4,6-9,11H,2,5,10H2,1H3,(H,18,21)(H,19,20). The molecule has 0 radical (unpaired) electrons. The first-order valence-electron chi connectivity index (χ1n) is 6.98. The van der Waals surface area contributed by atoms with Gasteiger partial charge < -0.3 is 10.4 Å². The molecule has 110 valence electrons. The third-order valence-corrected chi connectivity index (χ3v) is 3.28. The molecule has 2 N–H and O–H groups in total. The lowest BCUT2D eigenvalue weighted by molar-refractivity contribution is -0.137. The number of carboxylic acids is 1. The van der Waals surface area contributed by atoms with Crippen LogP contribution in [0.2, 0.25) is 0 Å². The van der Waals surface area contributed by atoms with Crippen molar-refractivity contribution in [3.8, 4) is 0 Å². The topological polar surface area (TPSA) is 79.3 Å². The maximum atomic E-state index is 12.4. The minimum absolute atomic E-state index is 0.0669. The van der Waals surface area contributed by atoms with Crippen molar-refractivity contribution >= 4 is 22.8 Å². The molecule has 0 aliphatic heterocycles. The molecule has 0 saturated carbocycles. The zero-order chi connectivity index (χ0) is 15.2. The minimum atomic E-state index is -0.909. The molecule has 1 heterocycles. The molecule has 0 saturated heterocycles. The number of carboxylic acid groups (broad SMARTS) is 1. The van der Waals surface area contributed by atoms with Gasteiger partial charge in [0.2, 0.25) is 0 Å². The van der Waals surface area contributed by atoms with Gasteiger partial charge in [0.25, 0.3) is 5.91 Å². The number of nitrogens with one attached hydrogen (secondary N) is 1. The number of amides is 1. The molecule has 0 spiro atoms. The molecule has 1 aromatic heterocycles. The zero-order valence-corrected chi connectivity index (χ0v) is 11.9. The van der Waals surface area contributed by atoms with Crippen molar-refractivity contribution in [2.45, 2.75) is 32.2 Å². The number of rotatable bonds is 6. The van der Waals surface area contributed by atoms with Crippen LogP contribution in [0.25, 0.3) is 10.9 Å². The predicted octanol–water partition coefficient (Wildman–Crippen LogP) is 2.61. The molecule has 2 rings (SSSR count). The number of fused-ring (bicyclic) bond motifs is 1. The van der Waals surface area contributed by atoms with Gasteiger partial charge in [-0.2, -0.15) is 0 Å². The van der Waals surface area contributed by atoms with Gasteiger partial charge in [-0.25, -0.2) is 0 Å². The van der Waals surface area contributed by atoms with E-state index in [9.17, 15) is 9.59 Å². The smallest absolute Gasteiger partial charge is 0.305 e. The fourth-order valence-electron chi connectivity index (χ4n) is 2.35. The van der Waals surface area contributed by atoms with E-state index in [1.54, 1.807) is 24.4 Å². The highest BCUT2D eigenvalue weighted by Crippen LogP contribution is 2.17. The van der Waals surface area contributed by atoms with Gasteiger partial charge in [0.15, 0.2) is 0 Å².